The molecule has 0 aliphatic carbocycles. The Morgan fingerprint density at radius 2 is 1.43 bits per heavy atom. The molecule has 0 saturated carbocycles. The van der Waals surface area contributed by atoms with E-state index < -0.39 is 0 Å². The Morgan fingerprint density at radius 3 is 1.43 bits per heavy atom. The predicted molar refractivity (Wildman–Crippen MR) is 33.3 cm³/mol. The van der Waals surface area contributed by atoms with Crippen molar-refractivity contribution in [2.45, 2.75) is 0 Å². The van der Waals surface area contributed by atoms with Gasteiger partial charge in [0.15, 0.2) is 0 Å². The first-order valence-corrected chi connectivity index (χ1v) is 1.06. The fourth-order valence-electron chi connectivity index (χ4n) is 0. The second kappa shape index (κ2) is 92.3. The quantitative estimate of drug-likeness (QED) is 0.193. The van der Waals surface area contributed by atoms with Crippen molar-refractivity contribution in [3.8, 4) is 5.97 Å². The number of nitriles is 1. The number of hydrogen-bond donors (Lipinski definition) is 2. The zero-order chi connectivity index (χ0) is 4.71. The van der Waals surface area contributed by atoms with Gasteiger partial charge in [-0.2, -0.15) is 0 Å². The average Bonchev–Trinajstić information content (AvgIpc) is 1.46. The number of hydrazine groups is 1. The van der Waals surface area contributed by atoms with Gasteiger partial charge in [-0.15, -0.1) is 0 Å². The number of nitrogens with two attached hydrogens (primary N) is 2. The zero-order valence-electron chi connectivity index (χ0n) is 3.60. The Kier molecular flexibility index (Phi) is 344. The molecule has 6 heteroatoms. The van der Waals surface area contributed by atoms with Gasteiger partial charge < -0.3 is 5.48 Å². The summed E-state index contributed by atoms with van der Waals surface area (Å²) >= 11 is 0. The van der Waals surface area contributed by atoms with Crippen LogP contribution in [0.15, 0.2) is 0 Å². The first kappa shape index (κ1) is 26.1. The van der Waals surface area contributed by atoms with Crippen LogP contribution >= 0.6 is 0 Å². The molecule has 0 amide bonds. The van der Waals surface area contributed by atoms with E-state index in [1.54, 1.807) is 5.97 Å². The Hall–Kier alpha value is 0.435. The minimum absolute atomic E-state index is 0. The molecule has 0 atom stereocenters. The van der Waals surface area contributed by atoms with Gasteiger partial charge in [-0.25, -0.2) is 5.26 Å². The number of nitrogens with zero attached hydrogens (tertiary/aromatic N) is 1. The van der Waals surface area contributed by atoms with Crippen LogP contribution in [0.5, 0.6) is 0 Å². The van der Waals surface area contributed by atoms with Gasteiger partial charge in [0.2, 0.25) is 7.85 Å². The van der Waals surface area contributed by atoms with Crippen LogP contribution < -0.4 is 11.7 Å². The van der Waals surface area contributed by atoms with Crippen molar-refractivity contribution in [2.75, 3.05) is 0 Å². The minimum atomic E-state index is 0. The average molecular weight is 113 g/mol. The van der Waals surface area contributed by atoms with E-state index in [0.717, 1.165) is 0 Å². The van der Waals surface area contributed by atoms with E-state index >= 15 is 0 Å². The van der Waals surface area contributed by atoms with Crippen LogP contribution in [0.1, 0.15) is 0 Å². The van der Waals surface area contributed by atoms with Crippen molar-refractivity contribution in [2.24, 2.45) is 11.7 Å². The molecule has 0 aliphatic rings. The van der Waals surface area contributed by atoms with Gasteiger partial charge >= 0.3 is 29.6 Å². The van der Waals surface area contributed by atoms with E-state index in [4.69, 9.17) is 5.26 Å². The first-order valence-electron chi connectivity index (χ1n) is 1.06. The van der Waals surface area contributed by atoms with Crippen molar-refractivity contribution >= 4 is 37.4 Å². The molecule has 0 aliphatic heterocycles. The van der Waals surface area contributed by atoms with Gasteiger partial charge in [0.25, 0.3) is 0 Å². The van der Waals surface area contributed by atoms with E-state index in [0.29, 0.717) is 0 Å². The summed E-state index contributed by atoms with van der Waals surface area (Å²) in [5.41, 5.74) is 0. The summed E-state index contributed by atoms with van der Waals surface area (Å²) in [4.78, 5) is 0. The molecule has 0 saturated heterocycles. The molecule has 38 valence electrons. The molecule has 7 heavy (non-hydrogen) atoms. The molecule has 0 radical (unpaired) electrons. The third-order valence-electron chi connectivity index (χ3n) is 0. The van der Waals surface area contributed by atoms with E-state index in [-0.39, 0.29) is 35.0 Å². The third-order valence-corrected chi connectivity index (χ3v) is 0. The van der Waals surface area contributed by atoms with E-state index in [9.17, 15) is 0 Å². The topological polar surface area (TPSA) is 107 Å². The molecule has 0 unspecified atom stereocenters. The summed E-state index contributed by atoms with van der Waals surface area (Å²) in [5.74, 6) is 9.75. The second-order valence-electron chi connectivity index (χ2n) is 0.224. The normalized spacial score (nSPS) is 1.86. The van der Waals surface area contributed by atoms with Gasteiger partial charge in [-0.3, -0.25) is 11.7 Å². The molecule has 0 heterocycles. The molecule has 0 rings (SSSR count). The Bertz CT molecular complexity index is 36.4. The molecular weight excluding hydrogens is 104 g/mol. The standard InChI is InChI=1S/CH2BN.H4N2.Na.H2O.H/c2-1-3;1-2;;;/h2H2;1-2H2;;1H2;. The van der Waals surface area contributed by atoms with Crippen molar-refractivity contribution in [3.05, 3.63) is 0 Å². The monoisotopic (exact) mass is 113 g/mol. The molecule has 0 bridgehead atoms. The summed E-state index contributed by atoms with van der Waals surface area (Å²) in [7, 11) is 1.43. The van der Waals surface area contributed by atoms with Gasteiger partial charge in [0.05, 0.1) is 0 Å². The number of rotatable bonds is 0. The van der Waals surface area contributed by atoms with Gasteiger partial charge in [0, 0.05) is 0 Å². The van der Waals surface area contributed by atoms with Crippen molar-refractivity contribution in [1.82, 2.24) is 0 Å². The summed E-state index contributed by atoms with van der Waals surface area (Å²) in [6.45, 7) is 0. The zero-order valence-corrected chi connectivity index (χ0v) is 3.60. The molecule has 0 aromatic rings. The second-order valence-corrected chi connectivity index (χ2v) is 0.224. The van der Waals surface area contributed by atoms with Crippen LogP contribution in [0.4, 0.5) is 0 Å². The first-order chi connectivity index (χ1) is 2.41. The fourth-order valence-corrected chi connectivity index (χ4v) is 0. The molecule has 0 fully saturated rings. The van der Waals surface area contributed by atoms with Crippen molar-refractivity contribution < 1.29 is 5.48 Å². The molecule has 0 aromatic carbocycles. The van der Waals surface area contributed by atoms with Crippen LogP contribution in [-0.2, 0) is 0 Å². The number of hydrogen-bond acceptors (Lipinski definition) is 3. The van der Waals surface area contributed by atoms with Crippen LogP contribution in [0, 0.1) is 11.2 Å². The molecular formula is CH9BN3NaO. The Labute approximate surface area is 65.8 Å². The van der Waals surface area contributed by atoms with Crippen LogP contribution in [0.3, 0.4) is 0 Å². The Morgan fingerprint density at radius 1 is 1.43 bits per heavy atom. The maximum atomic E-state index is 7.32. The van der Waals surface area contributed by atoms with Crippen LogP contribution in [0.25, 0.3) is 0 Å². The van der Waals surface area contributed by atoms with Crippen LogP contribution in [0.2, 0.25) is 0 Å². The van der Waals surface area contributed by atoms with Crippen molar-refractivity contribution in [3.63, 3.8) is 0 Å². The van der Waals surface area contributed by atoms with E-state index in [1.165, 1.54) is 7.85 Å². The van der Waals surface area contributed by atoms with E-state index in [2.05, 4.69) is 11.7 Å². The fraction of sp³-hybridized carbons (Fsp3) is 0. The summed E-state index contributed by atoms with van der Waals surface area (Å²) in [6.07, 6.45) is 0. The molecule has 4 nitrogen and oxygen atoms in total. The van der Waals surface area contributed by atoms with E-state index in [1.807, 2.05) is 0 Å². The van der Waals surface area contributed by atoms with Gasteiger partial charge in [-0.1, -0.05) is 0 Å². The molecule has 0 aromatic heterocycles. The molecule has 6 N–H and O–H groups in total. The van der Waals surface area contributed by atoms with Crippen LogP contribution in [-0.4, -0.2) is 42.9 Å². The molecule has 0 spiro atoms. The predicted octanol–water partition coefficient (Wildman–Crippen LogP) is -3.55. The summed E-state index contributed by atoms with van der Waals surface area (Å²) in [5, 5.41) is 7.32. The SMILES string of the molecule is BC#N.NN.O.[NaH]. The summed E-state index contributed by atoms with van der Waals surface area (Å²) in [6, 6.07) is 0. The summed E-state index contributed by atoms with van der Waals surface area (Å²) < 4.78 is 0. The maximum absolute atomic E-state index is 7.32. The Balaban J connectivity index is -0.0000000105. The third kappa shape index (κ3) is 669. The van der Waals surface area contributed by atoms with Crippen molar-refractivity contribution in [1.29, 1.82) is 5.26 Å². The van der Waals surface area contributed by atoms with Gasteiger partial charge in [0.1, 0.15) is 0 Å². The van der Waals surface area contributed by atoms with Gasteiger partial charge in [-0.05, 0) is 5.97 Å².